The third-order valence-electron chi connectivity index (χ3n) is 2.52. The zero-order valence-electron chi connectivity index (χ0n) is 9.87. The summed E-state index contributed by atoms with van der Waals surface area (Å²) in [5, 5.41) is 0. The Morgan fingerprint density at radius 1 is 1.07 bits per heavy atom. The summed E-state index contributed by atoms with van der Waals surface area (Å²) in [4.78, 5) is 0. The first-order chi connectivity index (χ1) is 7.10. The van der Waals surface area contributed by atoms with Crippen molar-refractivity contribution in [1.82, 2.24) is 0 Å². The van der Waals surface area contributed by atoms with Crippen LogP contribution in [-0.2, 0) is 21.8 Å². The molecule has 0 saturated carbocycles. The molecule has 0 spiro atoms. The Bertz CT molecular complexity index is 183. The van der Waals surface area contributed by atoms with Crippen molar-refractivity contribution < 1.29 is 21.8 Å². The Kier molecular flexibility index (Phi) is 4.90. The molecule has 1 aliphatic rings. The van der Waals surface area contributed by atoms with Crippen LogP contribution in [0.2, 0.25) is 12.6 Å². The van der Waals surface area contributed by atoms with Crippen LogP contribution in [-0.4, -0.2) is 45.5 Å². The quantitative estimate of drug-likeness (QED) is 0.689. The molecule has 0 amide bonds. The molecular formula is C8H20O5Si2. The van der Waals surface area contributed by atoms with Gasteiger partial charge in [0.15, 0.2) is 0 Å². The average molecular weight is 252 g/mol. The predicted molar refractivity (Wildman–Crippen MR) is 59.5 cm³/mol. The van der Waals surface area contributed by atoms with Crippen LogP contribution >= 0.6 is 0 Å². The van der Waals surface area contributed by atoms with E-state index in [1.54, 1.807) is 21.3 Å². The van der Waals surface area contributed by atoms with Crippen LogP contribution in [0, 0.1) is 0 Å². The van der Waals surface area contributed by atoms with Gasteiger partial charge in [-0.3, -0.25) is 0 Å². The fraction of sp³-hybridized carbons (Fsp3) is 1.00. The maximum Gasteiger partial charge on any atom is 0.669 e. The van der Waals surface area contributed by atoms with Gasteiger partial charge in [-0.2, -0.15) is 0 Å². The molecule has 0 aromatic rings. The summed E-state index contributed by atoms with van der Waals surface area (Å²) >= 11 is 0. The van der Waals surface area contributed by atoms with Crippen LogP contribution in [0.3, 0.4) is 0 Å². The van der Waals surface area contributed by atoms with E-state index >= 15 is 0 Å². The van der Waals surface area contributed by atoms with Crippen LogP contribution in [0.15, 0.2) is 0 Å². The van der Waals surface area contributed by atoms with Crippen LogP contribution < -0.4 is 0 Å². The van der Waals surface area contributed by atoms with E-state index in [2.05, 4.69) is 0 Å². The summed E-state index contributed by atoms with van der Waals surface area (Å²) in [5.41, 5.74) is 0. The first-order valence-corrected chi connectivity index (χ1v) is 9.25. The van der Waals surface area contributed by atoms with Gasteiger partial charge in [0.1, 0.15) is 0 Å². The highest BCUT2D eigenvalue weighted by Crippen LogP contribution is 2.26. The lowest BCUT2D eigenvalue weighted by atomic mass is 10.4. The van der Waals surface area contributed by atoms with Gasteiger partial charge in [0.25, 0.3) is 0 Å². The maximum absolute atomic E-state index is 5.90. The molecule has 15 heavy (non-hydrogen) atoms. The first-order valence-electron chi connectivity index (χ1n) is 5.09. The van der Waals surface area contributed by atoms with E-state index < -0.39 is 17.6 Å². The van der Waals surface area contributed by atoms with Crippen LogP contribution in [0.1, 0.15) is 12.8 Å². The summed E-state index contributed by atoms with van der Waals surface area (Å²) < 4.78 is 27.3. The highest BCUT2D eigenvalue weighted by molar-refractivity contribution is 6.75. The Balaban J connectivity index is 2.63. The van der Waals surface area contributed by atoms with Gasteiger partial charge in [-0.15, -0.1) is 0 Å². The molecule has 1 heterocycles. The molecule has 0 aliphatic carbocycles. The fourth-order valence-corrected chi connectivity index (χ4v) is 7.50. The highest BCUT2D eigenvalue weighted by Gasteiger charge is 2.51. The Labute approximate surface area is 93.4 Å². The Morgan fingerprint density at radius 3 is 2.07 bits per heavy atom. The standard InChI is InChI=1S/C8H20O5Si2/c1-9-15(10-2,11-3)13-14(4)8-6-5-7-12-14/h5-8H2,1-4H3. The molecule has 7 heteroatoms. The van der Waals surface area contributed by atoms with Crippen molar-refractivity contribution in [3.05, 3.63) is 0 Å². The van der Waals surface area contributed by atoms with E-state index in [0.717, 1.165) is 25.5 Å². The van der Waals surface area contributed by atoms with Gasteiger partial charge in [0.05, 0.1) is 0 Å². The molecule has 1 unspecified atom stereocenters. The smallest absolute Gasteiger partial charge is 0.395 e. The van der Waals surface area contributed by atoms with Gasteiger partial charge < -0.3 is 21.8 Å². The normalized spacial score (nSPS) is 28.0. The second kappa shape index (κ2) is 5.53. The lowest BCUT2D eigenvalue weighted by Crippen LogP contribution is -2.57. The molecule has 90 valence electrons. The number of rotatable bonds is 5. The van der Waals surface area contributed by atoms with Gasteiger partial charge in [-0.1, -0.05) is 0 Å². The molecule has 0 radical (unpaired) electrons. The van der Waals surface area contributed by atoms with E-state index in [0.29, 0.717) is 0 Å². The monoisotopic (exact) mass is 252 g/mol. The lowest BCUT2D eigenvalue weighted by molar-refractivity contribution is 0.0315. The predicted octanol–water partition coefficient (Wildman–Crippen LogP) is 1.26. The fourth-order valence-electron chi connectivity index (χ4n) is 1.63. The molecule has 0 bridgehead atoms. The molecule has 1 aliphatic heterocycles. The molecule has 5 nitrogen and oxygen atoms in total. The van der Waals surface area contributed by atoms with Crippen molar-refractivity contribution in [2.24, 2.45) is 0 Å². The zero-order valence-corrected chi connectivity index (χ0v) is 11.9. The number of hydrogen-bond donors (Lipinski definition) is 0. The molecule has 1 fully saturated rings. The largest absolute Gasteiger partial charge is 0.669 e. The lowest BCUT2D eigenvalue weighted by Gasteiger charge is -2.36. The van der Waals surface area contributed by atoms with E-state index in [1.807, 2.05) is 6.55 Å². The minimum Gasteiger partial charge on any atom is -0.395 e. The Hall–Kier alpha value is 0.234. The topological polar surface area (TPSA) is 46.2 Å². The summed E-state index contributed by atoms with van der Waals surface area (Å²) in [6.45, 7) is 2.80. The van der Waals surface area contributed by atoms with Gasteiger partial charge >= 0.3 is 17.6 Å². The SMILES string of the molecule is CO[Si](OC)(OC)O[Si]1(C)CCCCO1. The van der Waals surface area contributed by atoms with Crippen molar-refractivity contribution in [2.75, 3.05) is 27.9 Å². The second-order valence-electron chi connectivity index (χ2n) is 3.65. The third-order valence-corrected chi connectivity index (χ3v) is 8.83. The van der Waals surface area contributed by atoms with E-state index in [1.165, 1.54) is 0 Å². The molecule has 1 atom stereocenters. The average Bonchev–Trinajstić information content (AvgIpc) is 2.27. The van der Waals surface area contributed by atoms with Crippen LogP contribution in [0.4, 0.5) is 0 Å². The molecule has 0 aromatic carbocycles. The van der Waals surface area contributed by atoms with Crippen molar-refractivity contribution in [1.29, 1.82) is 0 Å². The summed E-state index contributed by atoms with van der Waals surface area (Å²) in [6.07, 6.45) is 2.25. The summed E-state index contributed by atoms with van der Waals surface area (Å²) in [5.74, 6) is 0. The third kappa shape index (κ3) is 3.35. The van der Waals surface area contributed by atoms with Crippen LogP contribution in [0.5, 0.6) is 0 Å². The van der Waals surface area contributed by atoms with E-state index in [-0.39, 0.29) is 0 Å². The first kappa shape index (κ1) is 13.3. The molecule has 0 N–H and O–H groups in total. The second-order valence-corrected chi connectivity index (χ2v) is 9.75. The maximum atomic E-state index is 5.90. The summed E-state index contributed by atoms with van der Waals surface area (Å²) in [7, 11) is -0.464. The van der Waals surface area contributed by atoms with Crippen molar-refractivity contribution in [3.8, 4) is 0 Å². The van der Waals surface area contributed by atoms with E-state index in [4.69, 9.17) is 21.8 Å². The number of hydrogen-bond acceptors (Lipinski definition) is 5. The van der Waals surface area contributed by atoms with Crippen molar-refractivity contribution >= 4 is 17.6 Å². The molecular weight excluding hydrogens is 232 g/mol. The van der Waals surface area contributed by atoms with Crippen molar-refractivity contribution in [2.45, 2.75) is 25.4 Å². The van der Waals surface area contributed by atoms with Gasteiger partial charge in [-0.05, 0) is 25.4 Å². The van der Waals surface area contributed by atoms with Gasteiger partial charge in [-0.25, -0.2) is 0 Å². The molecule has 1 rings (SSSR count). The van der Waals surface area contributed by atoms with E-state index in [9.17, 15) is 0 Å². The molecule has 0 aromatic heterocycles. The highest BCUT2D eigenvalue weighted by atomic mass is 28.5. The summed E-state index contributed by atoms with van der Waals surface area (Å²) in [6, 6.07) is 0.970. The van der Waals surface area contributed by atoms with Crippen molar-refractivity contribution in [3.63, 3.8) is 0 Å². The Morgan fingerprint density at radius 2 is 1.67 bits per heavy atom. The van der Waals surface area contributed by atoms with Gasteiger partial charge in [0.2, 0.25) is 0 Å². The molecule has 1 saturated heterocycles. The minimum absolute atomic E-state index is 0.768. The minimum atomic E-state index is -2.94. The zero-order chi connectivity index (χ0) is 11.4. The van der Waals surface area contributed by atoms with Gasteiger partial charge in [0, 0.05) is 27.9 Å². The van der Waals surface area contributed by atoms with Crippen LogP contribution in [0.25, 0.3) is 0 Å².